The van der Waals surface area contributed by atoms with Crippen molar-refractivity contribution in [1.82, 2.24) is 14.9 Å². The number of carbonyl (C=O) groups excluding carboxylic acids is 1. The van der Waals surface area contributed by atoms with Crippen LogP contribution in [0.4, 0.5) is 0 Å². The van der Waals surface area contributed by atoms with E-state index in [-0.39, 0.29) is 5.91 Å². The third kappa shape index (κ3) is 4.95. The van der Waals surface area contributed by atoms with Crippen LogP contribution in [-0.4, -0.2) is 22.0 Å². The summed E-state index contributed by atoms with van der Waals surface area (Å²) < 4.78 is 1.91. The minimum atomic E-state index is -0.197. The molecule has 0 fully saturated rings. The van der Waals surface area contributed by atoms with Crippen LogP contribution in [0.3, 0.4) is 0 Å². The molecule has 2 aromatic carbocycles. The summed E-state index contributed by atoms with van der Waals surface area (Å²) in [6.07, 6.45) is 3.11. The van der Waals surface area contributed by atoms with Crippen LogP contribution in [0.2, 0.25) is 15.1 Å². The van der Waals surface area contributed by atoms with E-state index in [0.717, 1.165) is 30.6 Å². The Bertz CT molecular complexity index is 1010. The van der Waals surface area contributed by atoms with Gasteiger partial charge in [-0.2, -0.15) is 0 Å². The summed E-state index contributed by atoms with van der Waals surface area (Å²) in [5.41, 5.74) is 2.63. The Labute approximate surface area is 185 Å². The monoisotopic (exact) mass is 449 g/mol. The molecule has 7 heteroatoms. The average Bonchev–Trinajstić information content (AvgIpc) is 3.03. The van der Waals surface area contributed by atoms with Gasteiger partial charge in [-0.3, -0.25) is 9.36 Å². The first kappa shape index (κ1) is 21.7. The highest BCUT2D eigenvalue weighted by Gasteiger charge is 2.22. The molecule has 0 bridgehead atoms. The second-order valence-electron chi connectivity index (χ2n) is 6.77. The number of aromatic nitrogens is 2. The smallest absolute Gasteiger partial charge is 0.271 e. The van der Waals surface area contributed by atoms with Crippen LogP contribution in [0.5, 0.6) is 0 Å². The molecule has 1 amide bonds. The molecule has 0 saturated heterocycles. The van der Waals surface area contributed by atoms with E-state index in [2.05, 4.69) is 17.2 Å². The molecule has 1 N–H and O–H groups in total. The van der Waals surface area contributed by atoms with E-state index in [9.17, 15) is 4.79 Å². The van der Waals surface area contributed by atoms with Crippen LogP contribution in [-0.2, 0) is 0 Å². The zero-order valence-electron chi connectivity index (χ0n) is 16.3. The van der Waals surface area contributed by atoms with E-state index in [4.69, 9.17) is 34.8 Å². The van der Waals surface area contributed by atoms with Crippen LogP contribution < -0.4 is 5.32 Å². The lowest BCUT2D eigenvalue weighted by Crippen LogP contribution is -2.25. The van der Waals surface area contributed by atoms with Crippen LogP contribution in [0.15, 0.2) is 42.5 Å². The number of unbranched alkanes of at least 4 members (excludes halogenated alkanes) is 2. The van der Waals surface area contributed by atoms with E-state index in [1.54, 1.807) is 24.3 Å². The van der Waals surface area contributed by atoms with Crippen LogP contribution in [0.1, 0.15) is 42.4 Å². The van der Waals surface area contributed by atoms with Gasteiger partial charge in [-0.15, -0.1) is 0 Å². The zero-order valence-corrected chi connectivity index (χ0v) is 18.6. The third-order valence-electron chi connectivity index (χ3n) is 4.65. The fourth-order valence-corrected chi connectivity index (χ4v) is 3.75. The Morgan fingerprint density at radius 2 is 1.72 bits per heavy atom. The molecule has 0 aliphatic heterocycles. The fraction of sp³-hybridized carbons (Fsp3) is 0.273. The molecule has 0 unspecified atom stereocenters. The largest absolute Gasteiger partial charge is 0.351 e. The van der Waals surface area contributed by atoms with Crippen molar-refractivity contribution in [2.24, 2.45) is 0 Å². The van der Waals surface area contributed by atoms with Gasteiger partial charge >= 0.3 is 0 Å². The number of rotatable bonds is 7. The normalized spacial score (nSPS) is 10.9. The van der Waals surface area contributed by atoms with E-state index in [0.29, 0.717) is 38.7 Å². The van der Waals surface area contributed by atoms with Crippen LogP contribution in [0, 0.1) is 6.92 Å². The first-order valence-corrected chi connectivity index (χ1v) is 10.6. The Hall–Kier alpha value is -2.01. The highest BCUT2D eigenvalue weighted by Crippen LogP contribution is 2.33. The molecule has 1 aromatic heterocycles. The number of halogens is 3. The van der Waals surface area contributed by atoms with Gasteiger partial charge in [-0.25, -0.2) is 4.98 Å². The maximum absolute atomic E-state index is 12.8. The molecule has 0 saturated carbocycles. The van der Waals surface area contributed by atoms with E-state index in [1.807, 2.05) is 29.7 Å². The van der Waals surface area contributed by atoms with Crippen molar-refractivity contribution in [3.05, 3.63) is 68.9 Å². The summed E-state index contributed by atoms with van der Waals surface area (Å²) in [6.45, 7) is 4.62. The third-order valence-corrected chi connectivity index (χ3v) is 5.45. The molecule has 152 valence electrons. The molecule has 0 radical (unpaired) electrons. The molecule has 0 atom stereocenters. The van der Waals surface area contributed by atoms with Gasteiger partial charge in [-0.05, 0) is 55.8 Å². The quantitative estimate of drug-likeness (QED) is 0.406. The summed E-state index contributed by atoms with van der Waals surface area (Å²) in [5.74, 6) is 0.378. The Balaban J connectivity index is 2.08. The van der Waals surface area contributed by atoms with Gasteiger partial charge in [0.05, 0.1) is 10.7 Å². The van der Waals surface area contributed by atoms with Gasteiger partial charge in [0.2, 0.25) is 0 Å². The lowest BCUT2D eigenvalue weighted by molar-refractivity contribution is 0.0948. The number of amides is 1. The summed E-state index contributed by atoms with van der Waals surface area (Å²) in [5, 5.41) is 4.59. The first-order valence-electron chi connectivity index (χ1n) is 9.51. The predicted molar refractivity (Wildman–Crippen MR) is 121 cm³/mol. The number of nitrogens with one attached hydrogen (secondary N) is 1. The highest BCUT2D eigenvalue weighted by atomic mass is 35.5. The molecular weight excluding hydrogens is 429 g/mol. The molecule has 0 aliphatic rings. The van der Waals surface area contributed by atoms with Gasteiger partial charge < -0.3 is 5.32 Å². The van der Waals surface area contributed by atoms with Gasteiger partial charge in [0.25, 0.3) is 5.91 Å². The number of benzene rings is 2. The summed E-state index contributed by atoms with van der Waals surface area (Å²) in [7, 11) is 0. The second kappa shape index (κ2) is 9.66. The maximum Gasteiger partial charge on any atom is 0.271 e. The van der Waals surface area contributed by atoms with Crippen molar-refractivity contribution in [3.63, 3.8) is 0 Å². The topological polar surface area (TPSA) is 46.9 Å². The standard InChI is InChI=1S/C22H22Cl3N3O/c1-3-4-5-12-26-22(29)20-14(2)28(17-9-6-15(23)7-10-17)21(27-20)18-11-8-16(24)13-19(18)25/h6-11,13H,3-5,12H2,1-2H3,(H,26,29). The molecule has 1 heterocycles. The number of nitrogens with zero attached hydrogens (tertiary/aromatic N) is 2. The minimum Gasteiger partial charge on any atom is -0.351 e. The summed E-state index contributed by atoms with van der Waals surface area (Å²) in [4.78, 5) is 17.4. The van der Waals surface area contributed by atoms with Gasteiger partial charge in [-0.1, -0.05) is 54.6 Å². The molecule has 29 heavy (non-hydrogen) atoms. The van der Waals surface area contributed by atoms with Crippen molar-refractivity contribution in [3.8, 4) is 17.1 Å². The molecule has 0 spiro atoms. The second-order valence-corrected chi connectivity index (χ2v) is 8.05. The SMILES string of the molecule is CCCCCNC(=O)c1nc(-c2ccc(Cl)cc2Cl)n(-c2ccc(Cl)cc2)c1C. The fourth-order valence-electron chi connectivity index (χ4n) is 3.13. The lowest BCUT2D eigenvalue weighted by atomic mass is 10.2. The highest BCUT2D eigenvalue weighted by molar-refractivity contribution is 6.36. The average molecular weight is 451 g/mol. The molecule has 0 aliphatic carbocycles. The first-order chi connectivity index (χ1) is 13.9. The molecular formula is C22H22Cl3N3O. The number of imidazole rings is 1. The molecule has 3 aromatic rings. The molecule has 4 nitrogen and oxygen atoms in total. The summed E-state index contributed by atoms with van der Waals surface area (Å²) >= 11 is 18.6. The lowest BCUT2D eigenvalue weighted by Gasteiger charge is -2.12. The Morgan fingerprint density at radius 1 is 1.03 bits per heavy atom. The Kier molecular flexibility index (Phi) is 7.23. The molecule has 3 rings (SSSR count). The number of carbonyl (C=O) groups is 1. The zero-order chi connectivity index (χ0) is 21.0. The Morgan fingerprint density at radius 3 is 2.38 bits per heavy atom. The van der Waals surface area contributed by atoms with Crippen LogP contribution >= 0.6 is 34.8 Å². The van der Waals surface area contributed by atoms with Crippen LogP contribution in [0.25, 0.3) is 17.1 Å². The van der Waals surface area contributed by atoms with Crippen molar-refractivity contribution >= 4 is 40.7 Å². The van der Waals surface area contributed by atoms with Crippen molar-refractivity contribution in [2.75, 3.05) is 6.54 Å². The van der Waals surface area contributed by atoms with Crippen molar-refractivity contribution < 1.29 is 4.79 Å². The van der Waals surface area contributed by atoms with Gasteiger partial charge in [0.1, 0.15) is 11.5 Å². The minimum absolute atomic E-state index is 0.197. The van der Waals surface area contributed by atoms with Crippen molar-refractivity contribution in [1.29, 1.82) is 0 Å². The van der Waals surface area contributed by atoms with Gasteiger partial charge in [0.15, 0.2) is 0 Å². The van der Waals surface area contributed by atoms with E-state index < -0.39 is 0 Å². The van der Waals surface area contributed by atoms with Gasteiger partial charge in [0, 0.05) is 27.8 Å². The predicted octanol–water partition coefficient (Wildman–Crippen LogP) is 6.73. The van der Waals surface area contributed by atoms with Crippen molar-refractivity contribution in [2.45, 2.75) is 33.1 Å². The number of hydrogen-bond acceptors (Lipinski definition) is 2. The van der Waals surface area contributed by atoms with E-state index >= 15 is 0 Å². The maximum atomic E-state index is 12.8. The van der Waals surface area contributed by atoms with E-state index in [1.165, 1.54) is 0 Å². The summed E-state index contributed by atoms with van der Waals surface area (Å²) in [6, 6.07) is 12.6. The number of hydrogen-bond donors (Lipinski definition) is 1.